The largest absolute Gasteiger partial charge is 0.475 e. The number of amides is 1. The monoisotopic (exact) mass is 440 g/mol. The third-order valence-electron chi connectivity index (χ3n) is 3.85. The summed E-state index contributed by atoms with van der Waals surface area (Å²) in [5, 5.41) is 8.47. The van der Waals surface area contributed by atoms with Gasteiger partial charge in [-0.3, -0.25) is 4.79 Å². The number of benzene rings is 1. The lowest BCUT2D eigenvalue weighted by Gasteiger charge is -2.11. The van der Waals surface area contributed by atoms with Crippen LogP contribution >= 0.6 is 0 Å². The van der Waals surface area contributed by atoms with E-state index in [-0.39, 0.29) is 25.1 Å². The molecule has 168 valence electrons. The Kier molecular flexibility index (Phi) is 9.05. The van der Waals surface area contributed by atoms with Crippen molar-refractivity contribution in [3.05, 3.63) is 67.3 Å². The van der Waals surface area contributed by atoms with Crippen molar-refractivity contribution in [3.8, 4) is 5.88 Å². The number of nitrogens with zero attached hydrogens (tertiary/aromatic N) is 3. The van der Waals surface area contributed by atoms with E-state index in [2.05, 4.69) is 37.5 Å². The number of ether oxygens (including phenoxy) is 2. The standard InChI is InChI=1S/C21H21FN6O3.CH4/c1-3-18(29)25-14-5-4-6-15(11-14)26-20-17(22)13-24-21(28-20)27-16-7-8-19(23-12-16)31-10-9-30-2;/h3-8,11-13H,1,9-10H2,2H3,(H,25,29)(H2,24,26,27,28);1H4. The Balaban J connectivity index is 0.00000363. The summed E-state index contributed by atoms with van der Waals surface area (Å²) in [7, 11) is 1.59. The first-order valence-corrected chi connectivity index (χ1v) is 9.25. The van der Waals surface area contributed by atoms with E-state index in [0.29, 0.717) is 36.2 Å². The first kappa shape index (κ1) is 24.2. The molecule has 0 atom stereocenters. The average molecular weight is 440 g/mol. The molecule has 2 aromatic heterocycles. The fourth-order valence-corrected chi connectivity index (χ4v) is 2.42. The maximum atomic E-state index is 14.2. The molecule has 0 unspecified atom stereocenters. The van der Waals surface area contributed by atoms with Gasteiger partial charge in [-0.1, -0.05) is 20.1 Å². The first-order valence-electron chi connectivity index (χ1n) is 9.25. The van der Waals surface area contributed by atoms with Crippen LogP contribution in [0.4, 0.5) is 33.2 Å². The Hall–Kier alpha value is -4.05. The predicted octanol–water partition coefficient (Wildman–Crippen LogP) is 4.28. The maximum absolute atomic E-state index is 14.2. The van der Waals surface area contributed by atoms with Crippen LogP contribution in [0.2, 0.25) is 0 Å². The van der Waals surface area contributed by atoms with Crippen LogP contribution in [-0.4, -0.2) is 41.2 Å². The summed E-state index contributed by atoms with van der Waals surface area (Å²) in [5.41, 5.74) is 1.66. The highest BCUT2D eigenvalue weighted by molar-refractivity contribution is 5.99. The van der Waals surface area contributed by atoms with Crippen molar-refractivity contribution in [1.82, 2.24) is 15.0 Å². The zero-order chi connectivity index (χ0) is 22.1. The number of rotatable bonds is 10. The summed E-state index contributed by atoms with van der Waals surface area (Å²) in [6.07, 6.45) is 3.76. The molecule has 3 N–H and O–H groups in total. The lowest BCUT2D eigenvalue weighted by Crippen LogP contribution is -2.08. The molecule has 1 amide bonds. The van der Waals surface area contributed by atoms with Gasteiger partial charge in [-0.2, -0.15) is 4.98 Å². The number of carbonyl (C=O) groups is 1. The number of carbonyl (C=O) groups excluding carboxylic acids is 1. The Bertz CT molecular complexity index is 1050. The van der Waals surface area contributed by atoms with Gasteiger partial charge >= 0.3 is 0 Å². The molecule has 0 fully saturated rings. The molecule has 0 aliphatic rings. The molecule has 3 aromatic rings. The van der Waals surface area contributed by atoms with E-state index in [0.717, 1.165) is 12.3 Å². The zero-order valence-electron chi connectivity index (χ0n) is 16.8. The summed E-state index contributed by atoms with van der Waals surface area (Å²) < 4.78 is 24.5. The lowest BCUT2D eigenvalue weighted by atomic mass is 10.2. The molecule has 9 nitrogen and oxygen atoms in total. The van der Waals surface area contributed by atoms with Crippen molar-refractivity contribution >= 4 is 34.7 Å². The fourth-order valence-electron chi connectivity index (χ4n) is 2.42. The van der Waals surface area contributed by atoms with E-state index >= 15 is 0 Å². The van der Waals surface area contributed by atoms with E-state index in [1.165, 1.54) is 0 Å². The summed E-state index contributed by atoms with van der Waals surface area (Å²) >= 11 is 0. The molecular formula is C22H25FN6O3. The minimum atomic E-state index is -0.633. The third-order valence-corrected chi connectivity index (χ3v) is 3.85. The second kappa shape index (κ2) is 12.0. The van der Waals surface area contributed by atoms with E-state index in [4.69, 9.17) is 9.47 Å². The van der Waals surface area contributed by atoms with Crippen molar-refractivity contribution in [2.75, 3.05) is 36.3 Å². The Morgan fingerprint density at radius 3 is 2.62 bits per heavy atom. The molecule has 10 heteroatoms. The smallest absolute Gasteiger partial charge is 0.247 e. The fraction of sp³-hybridized carbons (Fsp3) is 0.182. The van der Waals surface area contributed by atoms with Crippen LogP contribution in [-0.2, 0) is 9.53 Å². The molecule has 32 heavy (non-hydrogen) atoms. The molecule has 3 rings (SSSR count). The van der Waals surface area contributed by atoms with Gasteiger partial charge < -0.3 is 25.4 Å². The molecule has 1 aromatic carbocycles. The zero-order valence-corrected chi connectivity index (χ0v) is 16.8. The normalized spacial score (nSPS) is 9.94. The maximum Gasteiger partial charge on any atom is 0.247 e. The molecule has 0 spiro atoms. The second-order valence-electron chi connectivity index (χ2n) is 6.14. The quantitative estimate of drug-likeness (QED) is 0.316. The van der Waals surface area contributed by atoms with Crippen LogP contribution in [0.25, 0.3) is 0 Å². The van der Waals surface area contributed by atoms with Gasteiger partial charge in [0.2, 0.25) is 17.7 Å². The molecule has 0 radical (unpaired) electrons. The van der Waals surface area contributed by atoms with E-state index in [1.807, 2.05) is 0 Å². The molecule has 0 saturated carbocycles. The van der Waals surface area contributed by atoms with E-state index in [9.17, 15) is 9.18 Å². The summed E-state index contributed by atoms with van der Waals surface area (Å²) in [6, 6.07) is 10.2. The van der Waals surface area contributed by atoms with Gasteiger partial charge in [0.15, 0.2) is 11.6 Å². The van der Waals surface area contributed by atoms with Gasteiger partial charge in [-0.25, -0.2) is 14.4 Å². The van der Waals surface area contributed by atoms with Crippen LogP contribution in [0, 0.1) is 5.82 Å². The van der Waals surface area contributed by atoms with Gasteiger partial charge in [0.25, 0.3) is 0 Å². The van der Waals surface area contributed by atoms with Gasteiger partial charge in [0.1, 0.15) is 6.61 Å². The number of halogens is 1. The highest BCUT2D eigenvalue weighted by Gasteiger charge is 2.09. The first-order chi connectivity index (χ1) is 15.1. The minimum Gasteiger partial charge on any atom is -0.475 e. The average Bonchev–Trinajstić information content (AvgIpc) is 2.77. The number of anilines is 5. The van der Waals surface area contributed by atoms with E-state index in [1.54, 1.807) is 49.7 Å². The van der Waals surface area contributed by atoms with Crippen molar-refractivity contribution in [1.29, 1.82) is 0 Å². The second-order valence-corrected chi connectivity index (χ2v) is 6.14. The lowest BCUT2D eigenvalue weighted by molar-refractivity contribution is -0.111. The SMILES string of the molecule is C.C=CC(=O)Nc1cccc(Nc2nc(Nc3ccc(OCCOC)nc3)ncc2F)c1. The number of methoxy groups -OCH3 is 1. The van der Waals surface area contributed by atoms with Crippen LogP contribution in [0.1, 0.15) is 7.43 Å². The van der Waals surface area contributed by atoms with Crippen molar-refractivity contribution in [2.24, 2.45) is 0 Å². The Morgan fingerprint density at radius 1 is 1.09 bits per heavy atom. The number of hydrogen-bond acceptors (Lipinski definition) is 8. The number of pyridine rings is 1. The third kappa shape index (κ3) is 7.03. The molecular weight excluding hydrogens is 415 g/mol. The van der Waals surface area contributed by atoms with Gasteiger partial charge in [-0.15, -0.1) is 0 Å². The Labute approximate surface area is 185 Å². The molecule has 2 heterocycles. The van der Waals surface area contributed by atoms with Crippen LogP contribution < -0.4 is 20.7 Å². The van der Waals surface area contributed by atoms with Crippen molar-refractivity contribution in [2.45, 2.75) is 7.43 Å². The van der Waals surface area contributed by atoms with Crippen molar-refractivity contribution < 1.29 is 18.7 Å². The summed E-state index contributed by atoms with van der Waals surface area (Å²) in [6.45, 7) is 4.26. The predicted molar refractivity (Wildman–Crippen MR) is 122 cm³/mol. The molecule has 0 aliphatic heterocycles. The summed E-state index contributed by atoms with van der Waals surface area (Å²) in [4.78, 5) is 23.7. The number of aromatic nitrogens is 3. The highest BCUT2D eigenvalue weighted by atomic mass is 19.1. The molecule has 0 saturated heterocycles. The van der Waals surface area contributed by atoms with Crippen LogP contribution in [0.5, 0.6) is 5.88 Å². The van der Waals surface area contributed by atoms with Gasteiger partial charge in [0, 0.05) is 24.6 Å². The minimum absolute atomic E-state index is 0. The van der Waals surface area contributed by atoms with Crippen LogP contribution in [0.15, 0.2) is 61.4 Å². The highest BCUT2D eigenvalue weighted by Crippen LogP contribution is 2.23. The van der Waals surface area contributed by atoms with Gasteiger partial charge in [0.05, 0.1) is 24.7 Å². The molecule has 0 aliphatic carbocycles. The van der Waals surface area contributed by atoms with Crippen molar-refractivity contribution in [3.63, 3.8) is 0 Å². The van der Waals surface area contributed by atoms with E-state index < -0.39 is 5.82 Å². The molecule has 0 bridgehead atoms. The summed E-state index contributed by atoms with van der Waals surface area (Å²) in [5.74, 6) is -0.382. The number of hydrogen-bond donors (Lipinski definition) is 3. The topological polar surface area (TPSA) is 110 Å². The van der Waals surface area contributed by atoms with Crippen LogP contribution in [0.3, 0.4) is 0 Å². The Morgan fingerprint density at radius 2 is 1.91 bits per heavy atom. The number of nitrogens with one attached hydrogen (secondary N) is 3. The van der Waals surface area contributed by atoms with Gasteiger partial charge in [-0.05, 0) is 30.3 Å².